The number of fused-ring (bicyclic) bond motifs is 1. The van der Waals surface area contributed by atoms with Crippen molar-refractivity contribution in [3.63, 3.8) is 0 Å². The fourth-order valence-corrected chi connectivity index (χ4v) is 6.21. The Morgan fingerprint density at radius 3 is 2.57 bits per heavy atom. The molecule has 9 nitrogen and oxygen atoms in total. The van der Waals surface area contributed by atoms with Gasteiger partial charge in [-0.1, -0.05) is 17.4 Å². The summed E-state index contributed by atoms with van der Waals surface area (Å²) in [6.07, 6.45) is 3.43. The van der Waals surface area contributed by atoms with E-state index in [0.717, 1.165) is 0 Å². The second-order valence-electron chi connectivity index (χ2n) is 7.85. The second kappa shape index (κ2) is 9.82. The van der Waals surface area contributed by atoms with Crippen molar-refractivity contribution in [3.05, 3.63) is 72.3 Å². The number of nitrogens with zero attached hydrogens (tertiary/aromatic N) is 5. The average molecular weight is 516 g/mol. The maximum absolute atomic E-state index is 14.3. The number of carbonyl (C=O) groups excluding carboxylic acids is 1. The number of amides is 1. The Morgan fingerprint density at radius 2 is 1.89 bits per heavy atom. The fraction of sp³-hybridized carbons (Fsp3) is 0.261. The van der Waals surface area contributed by atoms with Crippen LogP contribution in [0.5, 0.6) is 0 Å². The lowest BCUT2D eigenvalue weighted by Gasteiger charge is -2.26. The lowest BCUT2D eigenvalue weighted by Crippen LogP contribution is -2.40. The molecule has 0 spiro atoms. The number of ether oxygens (including phenoxy) is 1. The number of thiazole rings is 1. The molecule has 1 amide bonds. The number of carbonyl (C=O) groups is 1. The quantitative estimate of drug-likeness (QED) is 0.375. The number of aromatic nitrogens is 3. The minimum Gasteiger partial charge on any atom is -0.379 e. The van der Waals surface area contributed by atoms with Gasteiger partial charge in [0, 0.05) is 37.6 Å². The zero-order valence-electron chi connectivity index (χ0n) is 18.6. The smallest absolute Gasteiger partial charge is 0.260 e. The lowest BCUT2D eigenvalue weighted by molar-refractivity contribution is 0.0730. The van der Waals surface area contributed by atoms with Crippen LogP contribution in [0.4, 0.5) is 9.52 Å². The molecule has 2 aromatic heterocycles. The molecular formula is C23H22FN5O4S2. The van der Waals surface area contributed by atoms with Gasteiger partial charge < -0.3 is 4.74 Å². The summed E-state index contributed by atoms with van der Waals surface area (Å²) in [5, 5.41) is 4.53. The maximum Gasteiger partial charge on any atom is 0.260 e. The van der Waals surface area contributed by atoms with Gasteiger partial charge in [0.1, 0.15) is 11.3 Å². The highest BCUT2D eigenvalue weighted by molar-refractivity contribution is 7.89. The van der Waals surface area contributed by atoms with Gasteiger partial charge in [-0.2, -0.15) is 9.40 Å². The van der Waals surface area contributed by atoms with Gasteiger partial charge in [0.15, 0.2) is 5.13 Å². The minimum absolute atomic E-state index is 0.112. The third-order valence-electron chi connectivity index (χ3n) is 5.66. The molecule has 1 aliphatic rings. The molecule has 0 unspecified atom stereocenters. The van der Waals surface area contributed by atoms with Crippen molar-refractivity contribution in [2.45, 2.75) is 11.4 Å². The summed E-state index contributed by atoms with van der Waals surface area (Å²) in [5.41, 5.74) is 0.502. The predicted octanol–water partition coefficient (Wildman–Crippen LogP) is 3.00. The molecular weight excluding hydrogens is 493 g/mol. The molecule has 1 aliphatic heterocycles. The van der Waals surface area contributed by atoms with Gasteiger partial charge in [-0.15, -0.1) is 0 Å². The number of para-hydroxylation sites is 1. The predicted molar refractivity (Wildman–Crippen MR) is 130 cm³/mol. The highest BCUT2D eigenvalue weighted by Crippen LogP contribution is 2.31. The molecule has 12 heteroatoms. The molecule has 0 saturated carbocycles. The van der Waals surface area contributed by atoms with Gasteiger partial charge in [-0.25, -0.2) is 17.8 Å². The van der Waals surface area contributed by atoms with E-state index in [1.54, 1.807) is 35.3 Å². The Hall–Kier alpha value is -3.19. The van der Waals surface area contributed by atoms with E-state index in [4.69, 9.17) is 4.74 Å². The lowest BCUT2D eigenvalue weighted by atomic mass is 10.2. The van der Waals surface area contributed by atoms with Gasteiger partial charge in [0.05, 0.1) is 29.4 Å². The zero-order chi connectivity index (χ0) is 24.4. The van der Waals surface area contributed by atoms with Crippen molar-refractivity contribution in [3.8, 4) is 0 Å². The molecule has 0 N–H and O–H groups in total. The largest absolute Gasteiger partial charge is 0.379 e. The first-order valence-electron chi connectivity index (χ1n) is 11.0. The Kier molecular flexibility index (Phi) is 6.60. The van der Waals surface area contributed by atoms with Crippen LogP contribution in [0.1, 0.15) is 10.4 Å². The van der Waals surface area contributed by atoms with Crippen molar-refractivity contribution in [1.82, 2.24) is 19.1 Å². The molecule has 4 aromatic rings. The maximum atomic E-state index is 14.3. The molecule has 1 fully saturated rings. The molecule has 5 rings (SSSR count). The summed E-state index contributed by atoms with van der Waals surface area (Å²) >= 11 is 1.22. The summed E-state index contributed by atoms with van der Waals surface area (Å²) in [4.78, 5) is 19.5. The van der Waals surface area contributed by atoms with Crippen molar-refractivity contribution < 1.29 is 22.3 Å². The van der Waals surface area contributed by atoms with Crippen LogP contribution in [0, 0.1) is 5.82 Å². The first kappa shape index (κ1) is 23.5. The summed E-state index contributed by atoms with van der Waals surface area (Å²) in [5.74, 6) is -0.825. The second-order valence-corrected chi connectivity index (χ2v) is 10.8. The van der Waals surface area contributed by atoms with Crippen LogP contribution in [0.15, 0.2) is 65.8 Å². The Labute approximate surface area is 205 Å². The normalized spacial score (nSPS) is 14.9. The number of sulfonamides is 1. The van der Waals surface area contributed by atoms with Crippen LogP contribution in [0.3, 0.4) is 0 Å². The third kappa shape index (κ3) is 4.82. The van der Waals surface area contributed by atoms with E-state index in [9.17, 15) is 17.6 Å². The minimum atomic E-state index is -3.67. The first-order chi connectivity index (χ1) is 16.9. The highest BCUT2D eigenvalue weighted by atomic mass is 32.2. The number of hydrogen-bond donors (Lipinski definition) is 0. The van der Waals surface area contributed by atoms with Gasteiger partial charge in [0.2, 0.25) is 10.0 Å². The third-order valence-corrected chi connectivity index (χ3v) is 8.61. The average Bonchev–Trinajstić information content (AvgIpc) is 3.56. The van der Waals surface area contributed by atoms with Crippen LogP contribution >= 0.6 is 11.3 Å². The van der Waals surface area contributed by atoms with Crippen LogP contribution < -0.4 is 4.90 Å². The van der Waals surface area contributed by atoms with E-state index in [-0.39, 0.29) is 22.9 Å². The van der Waals surface area contributed by atoms with E-state index in [1.165, 1.54) is 50.9 Å². The number of hydrogen-bond acceptors (Lipinski definition) is 7. The SMILES string of the molecule is O=C(c1ccc(S(=O)(=O)N2CCOCC2)cc1)N(CCn1cccn1)c1nc2c(F)cccc2s1. The number of halogens is 1. The standard InChI is InChI=1S/C23H22FN5O4S2/c24-19-3-1-4-20-21(19)26-23(34-20)29(12-11-27-10-2-9-25-27)22(30)17-5-7-18(8-6-17)35(31,32)28-13-15-33-16-14-28/h1-10H,11-16H2. The van der Waals surface area contributed by atoms with Crippen molar-refractivity contribution in [2.24, 2.45) is 0 Å². The van der Waals surface area contributed by atoms with Crippen LogP contribution in [-0.4, -0.2) is 66.2 Å². The first-order valence-corrected chi connectivity index (χ1v) is 13.2. The number of morpholine rings is 1. The number of benzene rings is 2. The molecule has 0 atom stereocenters. The summed E-state index contributed by atoms with van der Waals surface area (Å²) in [6.45, 7) is 1.93. The molecule has 3 heterocycles. The molecule has 2 aromatic carbocycles. The summed E-state index contributed by atoms with van der Waals surface area (Å²) in [7, 11) is -3.67. The highest BCUT2D eigenvalue weighted by Gasteiger charge is 2.27. The molecule has 0 bridgehead atoms. The summed E-state index contributed by atoms with van der Waals surface area (Å²) < 4.78 is 49.0. The number of anilines is 1. The van der Waals surface area contributed by atoms with E-state index in [1.807, 2.05) is 0 Å². The Balaban J connectivity index is 1.44. The van der Waals surface area contributed by atoms with E-state index in [2.05, 4.69) is 10.1 Å². The molecule has 1 saturated heterocycles. The molecule has 182 valence electrons. The number of rotatable bonds is 7. The van der Waals surface area contributed by atoms with Crippen molar-refractivity contribution >= 4 is 42.6 Å². The monoisotopic (exact) mass is 515 g/mol. The molecule has 0 radical (unpaired) electrons. The van der Waals surface area contributed by atoms with E-state index >= 15 is 0 Å². The fourth-order valence-electron chi connectivity index (χ4n) is 3.80. The van der Waals surface area contributed by atoms with Crippen LogP contribution in [0.25, 0.3) is 10.2 Å². The summed E-state index contributed by atoms with van der Waals surface area (Å²) in [6, 6.07) is 12.3. The van der Waals surface area contributed by atoms with Gasteiger partial charge in [0.25, 0.3) is 5.91 Å². The van der Waals surface area contributed by atoms with E-state index in [0.29, 0.717) is 48.2 Å². The van der Waals surface area contributed by atoms with Gasteiger partial charge in [-0.3, -0.25) is 14.4 Å². The zero-order valence-corrected chi connectivity index (χ0v) is 20.2. The van der Waals surface area contributed by atoms with Crippen LogP contribution in [-0.2, 0) is 21.3 Å². The van der Waals surface area contributed by atoms with Gasteiger partial charge >= 0.3 is 0 Å². The van der Waals surface area contributed by atoms with Crippen molar-refractivity contribution in [2.75, 3.05) is 37.7 Å². The van der Waals surface area contributed by atoms with Gasteiger partial charge in [-0.05, 0) is 42.5 Å². The Morgan fingerprint density at radius 1 is 1.11 bits per heavy atom. The van der Waals surface area contributed by atoms with E-state index < -0.39 is 15.8 Å². The van der Waals surface area contributed by atoms with Crippen LogP contribution in [0.2, 0.25) is 0 Å². The molecule has 0 aliphatic carbocycles. The molecule has 35 heavy (non-hydrogen) atoms. The van der Waals surface area contributed by atoms with Crippen molar-refractivity contribution in [1.29, 1.82) is 0 Å². The topological polar surface area (TPSA) is 97.6 Å². The Bertz CT molecular complexity index is 1430.